The Kier molecular flexibility index (Phi) is 3.93. The van der Waals surface area contributed by atoms with E-state index in [2.05, 4.69) is 16.9 Å². The first-order valence-electron chi connectivity index (χ1n) is 5.27. The van der Waals surface area contributed by atoms with Crippen molar-refractivity contribution in [3.63, 3.8) is 0 Å². The van der Waals surface area contributed by atoms with Crippen molar-refractivity contribution in [1.82, 2.24) is 9.78 Å². The molecule has 0 bridgehead atoms. The van der Waals surface area contributed by atoms with Crippen molar-refractivity contribution in [3.8, 4) is 11.8 Å². The number of halogens is 3. The van der Waals surface area contributed by atoms with Crippen LogP contribution in [-0.2, 0) is 12.7 Å². The van der Waals surface area contributed by atoms with E-state index in [1.54, 1.807) is 11.4 Å². The van der Waals surface area contributed by atoms with Gasteiger partial charge in [-0.2, -0.15) is 18.3 Å². The molecule has 2 heterocycles. The summed E-state index contributed by atoms with van der Waals surface area (Å²) in [6, 6.07) is 2.70. The molecule has 0 aliphatic rings. The Bertz CT molecular complexity index is 619. The molecule has 0 fully saturated rings. The van der Waals surface area contributed by atoms with Crippen LogP contribution in [0.25, 0.3) is 0 Å². The SMILES string of the molecule is OCC#Cc1ccsc1Cn1ccc(C(F)(F)F)n1. The molecule has 0 spiro atoms. The molecule has 0 atom stereocenters. The van der Waals surface area contributed by atoms with E-state index in [1.165, 1.54) is 22.2 Å². The van der Waals surface area contributed by atoms with Crippen molar-refractivity contribution in [3.05, 3.63) is 39.8 Å². The molecular formula is C12H9F3N2OS. The van der Waals surface area contributed by atoms with Crippen molar-refractivity contribution in [1.29, 1.82) is 0 Å². The van der Waals surface area contributed by atoms with Crippen LogP contribution in [0, 0.1) is 11.8 Å². The number of aliphatic hydroxyl groups excluding tert-OH is 1. The van der Waals surface area contributed by atoms with Crippen LogP contribution >= 0.6 is 11.3 Å². The lowest BCUT2D eigenvalue weighted by atomic mass is 10.2. The van der Waals surface area contributed by atoms with Gasteiger partial charge in [-0.25, -0.2) is 0 Å². The maximum Gasteiger partial charge on any atom is 0.435 e. The predicted octanol–water partition coefficient (Wildman–Crippen LogP) is 2.36. The fourth-order valence-corrected chi connectivity index (χ4v) is 2.28. The molecule has 7 heteroatoms. The number of hydrogen-bond donors (Lipinski definition) is 1. The molecule has 2 rings (SSSR count). The van der Waals surface area contributed by atoms with Gasteiger partial charge in [0.25, 0.3) is 0 Å². The third-order valence-electron chi connectivity index (χ3n) is 2.28. The fraction of sp³-hybridized carbons (Fsp3) is 0.250. The molecule has 0 saturated carbocycles. The first-order chi connectivity index (χ1) is 9.00. The third kappa shape index (κ3) is 3.36. The average molecular weight is 286 g/mol. The minimum absolute atomic E-state index is 0.225. The molecule has 0 unspecified atom stereocenters. The van der Waals surface area contributed by atoms with Crippen molar-refractivity contribution >= 4 is 11.3 Å². The molecule has 1 N–H and O–H groups in total. The Labute approximate surface area is 111 Å². The zero-order valence-corrected chi connectivity index (χ0v) is 10.4. The molecule has 3 nitrogen and oxygen atoms in total. The summed E-state index contributed by atoms with van der Waals surface area (Å²) in [7, 11) is 0. The second kappa shape index (κ2) is 5.47. The van der Waals surface area contributed by atoms with Gasteiger partial charge < -0.3 is 5.11 Å². The number of alkyl halides is 3. The zero-order chi connectivity index (χ0) is 13.9. The molecule has 2 aromatic heterocycles. The zero-order valence-electron chi connectivity index (χ0n) is 9.61. The molecule has 0 radical (unpaired) electrons. The number of nitrogens with zero attached hydrogens (tertiary/aromatic N) is 2. The van der Waals surface area contributed by atoms with Gasteiger partial charge in [-0.1, -0.05) is 11.8 Å². The van der Waals surface area contributed by atoms with Crippen LogP contribution in [-0.4, -0.2) is 21.5 Å². The molecule has 0 saturated heterocycles. The first-order valence-corrected chi connectivity index (χ1v) is 6.15. The van der Waals surface area contributed by atoms with E-state index >= 15 is 0 Å². The highest BCUT2D eigenvalue weighted by molar-refractivity contribution is 7.10. The van der Waals surface area contributed by atoms with E-state index in [0.717, 1.165) is 10.9 Å². The summed E-state index contributed by atoms with van der Waals surface area (Å²) in [4.78, 5) is 0.803. The molecule has 100 valence electrons. The Morgan fingerprint density at radius 2 is 2.16 bits per heavy atom. The highest BCUT2D eigenvalue weighted by Gasteiger charge is 2.33. The second-order valence-corrected chi connectivity index (χ2v) is 4.61. The van der Waals surface area contributed by atoms with E-state index in [-0.39, 0.29) is 13.2 Å². The van der Waals surface area contributed by atoms with Crippen molar-refractivity contribution in [2.24, 2.45) is 0 Å². The summed E-state index contributed by atoms with van der Waals surface area (Å²) in [6.45, 7) is -0.0293. The summed E-state index contributed by atoms with van der Waals surface area (Å²) in [5, 5.41) is 13.9. The van der Waals surface area contributed by atoms with Crippen LogP contribution in [0.15, 0.2) is 23.7 Å². The number of rotatable bonds is 2. The lowest BCUT2D eigenvalue weighted by Crippen LogP contribution is -2.08. The summed E-state index contributed by atoms with van der Waals surface area (Å²) in [5.74, 6) is 5.26. The minimum atomic E-state index is -4.43. The van der Waals surface area contributed by atoms with Gasteiger partial charge in [0.05, 0.1) is 6.54 Å². The summed E-state index contributed by atoms with van der Waals surface area (Å²) in [5.41, 5.74) is -0.213. The Morgan fingerprint density at radius 1 is 1.37 bits per heavy atom. The molecule has 2 aromatic rings. The molecule has 0 aliphatic heterocycles. The van der Waals surface area contributed by atoms with Crippen LogP contribution in [0.2, 0.25) is 0 Å². The Morgan fingerprint density at radius 3 is 2.79 bits per heavy atom. The molecule has 0 amide bonds. The van der Waals surface area contributed by atoms with Gasteiger partial charge >= 0.3 is 6.18 Å². The normalized spacial score (nSPS) is 11.2. The summed E-state index contributed by atoms with van der Waals surface area (Å²) >= 11 is 1.39. The number of aliphatic hydroxyl groups is 1. The van der Waals surface area contributed by atoms with Crippen molar-refractivity contribution < 1.29 is 18.3 Å². The van der Waals surface area contributed by atoms with Gasteiger partial charge in [-0.3, -0.25) is 4.68 Å². The largest absolute Gasteiger partial charge is 0.435 e. The predicted molar refractivity (Wildman–Crippen MR) is 64.6 cm³/mol. The van der Waals surface area contributed by atoms with E-state index in [0.29, 0.717) is 5.56 Å². The number of thiophene rings is 1. The van der Waals surface area contributed by atoms with E-state index < -0.39 is 11.9 Å². The van der Waals surface area contributed by atoms with E-state index in [1.807, 2.05) is 0 Å². The van der Waals surface area contributed by atoms with Gasteiger partial charge in [-0.15, -0.1) is 11.3 Å². The standard InChI is InChI=1S/C12H9F3N2OS/c13-12(14,15)11-3-5-17(16-11)8-10-9(2-1-6-18)4-7-19-10/h3-5,7,18H,6,8H2. The van der Waals surface area contributed by atoms with Crippen LogP contribution in [0.3, 0.4) is 0 Å². The highest BCUT2D eigenvalue weighted by atomic mass is 32.1. The molecule has 0 aliphatic carbocycles. The lowest BCUT2D eigenvalue weighted by molar-refractivity contribution is -0.141. The second-order valence-electron chi connectivity index (χ2n) is 3.61. The van der Waals surface area contributed by atoms with Crippen LogP contribution in [0.4, 0.5) is 13.2 Å². The third-order valence-corrected chi connectivity index (χ3v) is 3.19. The Balaban J connectivity index is 2.18. The van der Waals surface area contributed by atoms with Gasteiger partial charge in [0, 0.05) is 16.6 Å². The molecular weight excluding hydrogens is 277 g/mol. The van der Waals surface area contributed by atoms with Crippen LogP contribution in [0.1, 0.15) is 16.1 Å². The molecule has 19 heavy (non-hydrogen) atoms. The van der Waals surface area contributed by atoms with E-state index in [4.69, 9.17) is 5.11 Å². The quantitative estimate of drug-likeness (QED) is 0.861. The number of aromatic nitrogens is 2. The van der Waals surface area contributed by atoms with Gasteiger partial charge in [-0.05, 0) is 17.5 Å². The maximum atomic E-state index is 12.4. The number of hydrogen-bond acceptors (Lipinski definition) is 3. The van der Waals surface area contributed by atoms with Crippen molar-refractivity contribution in [2.75, 3.05) is 6.61 Å². The Hall–Kier alpha value is -1.78. The topological polar surface area (TPSA) is 38.0 Å². The summed E-state index contributed by atoms with van der Waals surface area (Å²) in [6.07, 6.45) is -3.15. The molecule has 0 aromatic carbocycles. The summed E-state index contributed by atoms with van der Waals surface area (Å²) < 4.78 is 38.4. The average Bonchev–Trinajstić information content (AvgIpc) is 2.95. The van der Waals surface area contributed by atoms with Crippen molar-refractivity contribution in [2.45, 2.75) is 12.7 Å². The fourth-order valence-electron chi connectivity index (χ4n) is 1.46. The van der Waals surface area contributed by atoms with Gasteiger partial charge in [0.2, 0.25) is 0 Å². The monoisotopic (exact) mass is 286 g/mol. The lowest BCUT2D eigenvalue weighted by Gasteiger charge is -2.02. The van der Waals surface area contributed by atoms with Gasteiger partial charge in [0.15, 0.2) is 5.69 Å². The van der Waals surface area contributed by atoms with E-state index in [9.17, 15) is 13.2 Å². The highest BCUT2D eigenvalue weighted by Crippen LogP contribution is 2.27. The smallest absolute Gasteiger partial charge is 0.384 e. The minimum Gasteiger partial charge on any atom is -0.384 e. The van der Waals surface area contributed by atoms with Gasteiger partial charge in [0.1, 0.15) is 6.61 Å². The maximum absolute atomic E-state index is 12.4. The van der Waals surface area contributed by atoms with Crippen LogP contribution < -0.4 is 0 Å². The first kappa shape index (κ1) is 13.6. The van der Waals surface area contributed by atoms with Crippen LogP contribution in [0.5, 0.6) is 0 Å².